The standard InChI is InChI=1S/C16H27NO2/c1-11(2)14-7-12(3)15(16(8-14)19-6)10-17(5)9-13(4)18/h7-8,11,13,18H,9-10H2,1-6H3/t13-/m0/s1. The molecular weight excluding hydrogens is 238 g/mol. The third-order valence-electron chi connectivity index (χ3n) is 3.34. The van der Waals surface area contributed by atoms with Crippen molar-refractivity contribution in [2.45, 2.75) is 46.3 Å². The molecule has 0 radical (unpaired) electrons. The van der Waals surface area contributed by atoms with Gasteiger partial charge < -0.3 is 9.84 Å². The number of aryl methyl sites for hydroxylation is 1. The Bertz CT molecular complexity index is 413. The van der Waals surface area contributed by atoms with Crippen LogP contribution in [0.2, 0.25) is 0 Å². The van der Waals surface area contributed by atoms with Gasteiger partial charge in [0.25, 0.3) is 0 Å². The van der Waals surface area contributed by atoms with Crippen LogP contribution in [-0.4, -0.2) is 36.8 Å². The maximum absolute atomic E-state index is 9.44. The Hall–Kier alpha value is -1.06. The molecule has 1 aromatic carbocycles. The summed E-state index contributed by atoms with van der Waals surface area (Å²) in [5, 5.41) is 9.44. The van der Waals surface area contributed by atoms with Gasteiger partial charge in [0.15, 0.2) is 0 Å². The average molecular weight is 265 g/mol. The molecule has 19 heavy (non-hydrogen) atoms. The van der Waals surface area contributed by atoms with Crippen molar-refractivity contribution in [1.29, 1.82) is 0 Å². The van der Waals surface area contributed by atoms with E-state index in [4.69, 9.17) is 4.74 Å². The van der Waals surface area contributed by atoms with Gasteiger partial charge in [-0.15, -0.1) is 0 Å². The molecule has 0 saturated carbocycles. The van der Waals surface area contributed by atoms with Crippen molar-refractivity contribution < 1.29 is 9.84 Å². The first kappa shape index (κ1) is 16.0. The van der Waals surface area contributed by atoms with Gasteiger partial charge in [-0.3, -0.25) is 4.90 Å². The van der Waals surface area contributed by atoms with E-state index >= 15 is 0 Å². The third-order valence-corrected chi connectivity index (χ3v) is 3.34. The predicted molar refractivity (Wildman–Crippen MR) is 79.8 cm³/mol. The predicted octanol–water partition coefficient (Wildman–Crippen LogP) is 2.94. The summed E-state index contributed by atoms with van der Waals surface area (Å²) in [6.45, 7) is 9.76. The van der Waals surface area contributed by atoms with E-state index in [0.29, 0.717) is 12.5 Å². The topological polar surface area (TPSA) is 32.7 Å². The molecule has 1 atom stereocenters. The largest absolute Gasteiger partial charge is 0.496 e. The lowest BCUT2D eigenvalue weighted by atomic mass is 9.96. The van der Waals surface area contributed by atoms with E-state index in [1.165, 1.54) is 16.7 Å². The van der Waals surface area contributed by atoms with Crippen LogP contribution in [0.5, 0.6) is 5.75 Å². The zero-order valence-electron chi connectivity index (χ0n) is 13.0. The first-order valence-electron chi connectivity index (χ1n) is 6.89. The minimum Gasteiger partial charge on any atom is -0.496 e. The second-order valence-corrected chi connectivity index (χ2v) is 5.72. The molecule has 108 valence electrons. The molecular formula is C16H27NO2. The van der Waals surface area contributed by atoms with E-state index in [2.05, 4.69) is 37.8 Å². The number of rotatable bonds is 6. The van der Waals surface area contributed by atoms with Crippen LogP contribution >= 0.6 is 0 Å². The van der Waals surface area contributed by atoms with E-state index in [1.54, 1.807) is 7.11 Å². The van der Waals surface area contributed by atoms with E-state index in [-0.39, 0.29) is 6.10 Å². The quantitative estimate of drug-likeness (QED) is 0.858. The minimum absolute atomic E-state index is 0.314. The zero-order chi connectivity index (χ0) is 14.6. The SMILES string of the molecule is COc1cc(C(C)C)cc(C)c1CN(C)C[C@H](C)O. The molecule has 0 aliphatic rings. The van der Waals surface area contributed by atoms with E-state index in [9.17, 15) is 5.11 Å². The van der Waals surface area contributed by atoms with Gasteiger partial charge in [-0.25, -0.2) is 0 Å². The number of likely N-dealkylation sites (N-methyl/N-ethyl adjacent to an activating group) is 1. The van der Waals surface area contributed by atoms with Crippen molar-refractivity contribution in [2.24, 2.45) is 0 Å². The Balaban J connectivity index is 3.00. The van der Waals surface area contributed by atoms with Gasteiger partial charge >= 0.3 is 0 Å². The Morgan fingerprint density at radius 1 is 1.26 bits per heavy atom. The zero-order valence-corrected chi connectivity index (χ0v) is 13.0. The highest BCUT2D eigenvalue weighted by Gasteiger charge is 2.13. The highest BCUT2D eigenvalue weighted by molar-refractivity contribution is 5.44. The number of aliphatic hydroxyl groups is 1. The smallest absolute Gasteiger partial charge is 0.123 e. The summed E-state index contributed by atoms with van der Waals surface area (Å²) in [6.07, 6.45) is -0.314. The van der Waals surface area contributed by atoms with Crippen LogP contribution in [0.4, 0.5) is 0 Å². The molecule has 1 N–H and O–H groups in total. The van der Waals surface area contributed by atoms with Gasteiger partial charge in [0.2, 0.25) is 0 Å². The van der Waals surface area contributed by atoms with Gasteiger partial charge in [-0.2, -0.15) is 0 Å². The van der Waals surface area contributed by atoms with Crippen molar-refractivity contribution in [3.05, 3.63) is 28.8 Å². The lowest BCUT2D eigenvalue weighted by Crippen LogP contribution is -2.27. The molecule has 0 amide bonds. The summed E-state index contributed by atoms with van der Waals surface area (Å²) in [7, 11) is 3.74. The second kappa shape index (κ2) is 6.92. The van der Waals surface area contributed by atoms with Crippen LogP contribution < -0.4 is 4.74 Å². The Morgan fingerprint density at radius 3 is 2.37 bits per heavy atom. The first-order valence-corrected chi connectivity index (χ1v) is 6.89. The molecule has 0 aliphatic carbocycles. The molecule has 0 unspecified atom stereocenters. The number of hydrogen-bond donors (Lipinski definition) is 1. The van der Waals surface area contributed by atoms with Crippen molar-refractivity contribution in [2.75, 3.05) is 20.7 Å². The summed E-state index contributed by atoms with van der Waals surface area (Å²) < 4.78 is 5.53. The van der Waals surface area contributed by atoms with Crippen LogP contribution in [0.1, 0.15) is 43.4 Å². The highest BCUT2D eigenvalue weighted by atomic mass is 16.5. The van der Waals surface area contributed by atoms with E-state index in [0.717, 1.165) is 12.3 Å². The monoisotopic (exact) mass is 265 g/mol. The number of aliphatic hydroxyl groups excluding tert-OH is 1. The Labute approximate surface area is 117 Å². The van der Waals surface area contributed by atoms with Crippen molar-refractivity contribution in [1.82, 2.24) is 4.90 Å². The minimum atomic E-state index is -0.314. The number of ether oxygens (including phenoxy) is 1. The first-order chi connectivity index (χ1) is 8.85. The number of nitrogens with zero attached hydrogens (tertiary/aromatic N) is 1. The van der Waals surface area contributed by atoms with Crippen LogP contribution in [-0.2, 0) is 6.54 Å². The van der Waals surface area contributed by atoms with Crippen molar-refractivity contribution in [3.8, 4) is 5.75 Å². The Kier molecular flexibility index (Phi) is 5.83. The fourth-order valence-electron chi connectivity index (χ4n) is 2.32. The van der Waals surface area contributed by atoms with Gasteiger partial charge in [-0.1, -0.05) is 19.9 Å². The second-order valence-electron chi connectivity index (χ2n) is 5.72. The summed E-state index contributed by atoms with van der Waals surface area (Å²) in [6, 6.07) is 4.36. The van der Waals surface area contributed by atoms with E-state index < -0.39 is 0 Å². The lowest BCUT2D eigenvalue weighted by molar-refractivity contribution is 0.137. The summed E-state index contributed by atoms with van der Waals surface area (Å²) in [5.74, 6) is 1.44. The summed E-state index contributed by atoms with van der Waals surface area (Å²) in [4.78, 5) is 2.12. The number of benzene rings is 1. The Morgan fingerprint density at radius 2 is 1.89 bits per heavy atom. The maximum Gasteiger partial charge on any atom is 0.123 e. The van der Waals surface area contributed by atoms with Crippen LogP contribution in [0, 0.1) is 6.92 Å². The van der Waals surface area contributed by atoms with E-state index in [1.807, 2.05) is 14.0 Å². The molecule has 0 heterocycles. The lowest BCUT2D eigenvalue weighted by Gasteiger charge is -2.22. The summed E-state index contributed by atoms with van der Waals surface area (Å²) in [5.41, 5.74) is 3.76. The van der Waals surface area contributed by atoms with Gasteiger partial charge in [0.1, 0.15) is 5.75 Å². The molecule has 0 fully saturated rings. The van der Waals surface area contributed by atoms with Gasteiger partial charge in [0, 0.05) is 18.7 Å². The average Bonchev–Trinajstić information content (AvgIpc) is 2.30. The maximum atomic E-state index is 9.44. The van der Waals surface area contributed by atoms with Crippen molar-refractivity contribution >= 4 is 0 Å². The molecule has 0 bridgehead atoms. The third kappa shape index (κ3) is 4.51. The highest BCUT2D eigenvalue weighted by Crippen LogP contribution is 2.29. The van der Waals surface area contributed by atoms with Crippen molar-refractivity contribution in [3.63, 3.8) is 0 Å². The fraction of sp³-hybridized carbons (Fsp3) is 0.625. The van der Waals surface area contributed by atoms with Crippen LogP contribution in [0.3, 0.4) is 0 Å². The number of methoxy groups -OCH3 is 1. The van der Waals surface area contributed by atoms with Gasteiger partial charge in [-0.05, 0) is 44.0 Å². The number of hydrogen-bond acceptors (Lipinski definition) is 3. The van der Waals surface area contributed by atoms with Crippen LogP contribution in [0.25, 0.3) is 0 Å². The molecule has 0 aliphatic heterocycles. The molecule has 0 saturated heterocycles. The summed E-state index contributed by atoms with van der Waals surface area (Å²) >= 11 is 0. The molecule has 1 aromatic rings. The molecule has 0 spiro atoms. The normalized spacial score (nSPS) is 13.1. The molecule has 0 aromatic heterocycles. The fourth-order valence-corrected chi connectivity index (χ4v) is 2.32. The molecule has 1 rings (SSSR count). The van der Waals surface area contributed by atoms with Gasteiger partial charge in [0.05, 0.1) is 13.2 Å². The van der Waals surface area contributed by atoms with Crippen LogP contribution in [0.15, 0.2) is 12.1 Å². The molecule has 3 nitrogen and oxygen atoms in total. The molecule has 3 heteroatoms.